The molecule has 1 aromatic carbocycles. The number of halogens is 4. The van der Waals surface area contributed by atoms with Crippen molar-refractivity contribution < 1.29 is 18.3 Å². The maximum atomic E-state index is 12.3. The average molecular weight is 515 g/mol. The van der Waals surface area contributed by atoms with E-state index in [4.69, 9.17) is 0 Å². The highest BCUT2D eigenvalue weighted by molar-refractivity contribution is 14.0. The molecule has 2 rings (SSSR count). The number of rotatable bonds is 6. The molecule has 6 nitrogen and oxygen atoms in total. The molecule has 2 N–H and O–H groups in total. The first-order valence-electron chi connectivity index (χ1n) is 9.04. The van der Waals surface area contributed by atoms with E-state index in [1.165, 1.54) is 11.9 Å². The molecule has 28 heavy (non-hydrogen) atoms. The first-order chi connectivity index (χ1) is 12.8. The van der Waals surface area contributed by atoms with E-state index in [9.17, 15) is 18.3 Å². The lowest BCUT2D eigenvalue weighted by atomic mass is 10.2. The van der Waals surface area contributed by atoms with E-state index in [1.807, 2.05) is 12.1 Å². The molecule has 0 atom stereocenters. The van der Waals surface area contributed by atoms with Crippen LogP contribution in [0.15, 0.2) is 29.3 Å². The number of aliphatic imine (C=N–C) groups is 1. The number of aromatic hydroxyl groups is 1. The number of benzene rings is 1. The van der Waals surface area contributed by atoms with E-state index in [2.05, 4.69) is 20.1 Å². The molecular formula is C18H29F3IN5O. The van der Waals surface area contributed by atoms with Crippen molar-refractivity contribution in [3.05, 3.63) is 24.3 Å². The van der Waals surface area contributed by atoms with E-state index < -0.39 is 12.7 Å². The van der Waals surface area contributed by atoms with Crippen LogP contribution in [0.5, 0.6) is 5.75 Å². The van der Waals surface area contributed by atoms with Crippen LogP contribution in [0.2, 0.25) is 0 Å². The van der Waals surface area contributed by atoms with Crippen LogP contribution in [0.25, 0.3) is 0 Å². The minimum atomic E-state index is -4.16. The highest BCUT2D eigenvalue weighted by Gasteiger charge is 2.28. The summed E-state index contributed by atoms with van der Waals surface area (Å²) < 4.78 is 37.0. The Labute approximate surface area is 181 Å². The lowest BCUT2D eigenvalue weighted by molar-refractivity contribution is -0.143. The maximum Gasteiger partial charge on any atom is 0.401 e. The largest absolute Gasteiger partial charge is 0.506 e. The van der Waals surface area contributed by atoms with Gasteiger partial charge in [0.15, 0.2) is 5.96 Å². The third-order valence-corrected chi connectivity index (χ3v) is 4.46. The van der Waals surface area contributed by atoms with Gasteiger partial charge in [0.1, 0.15) is 5.75 Å². The summed E-state index contributed by atoms with van der Waals surface area (Å²) in [7, 11) is 3.17. The highest BCUT2D eigenvalue weighted by Crippen LogP contribution is 2.27. The van der Waals surface area contributed by atoms with Gasteiger partial charge in [-0.15, -0.1) is 24.0 Å². The predicted octanol–water partition coefficient (Wildman–Crippen LogP) is 2.59. The molecule has 0 radical (unpaired) electrons. The van der Waals surface area contributed by atoms with E-state index in [0.29, 0.717) is 19.5 Å². The maximum absolute atomic E-state index is 12.3. The quantitative estimate of drug-likeness (QED) is 0.264. The molecule has 1 aliphatic rings. The smallest absolute Gasteiger partial charge is 0.401 e. The number of anilines is 1. The molecule has 0 amide bonds. The van der Waals surface area contributed by atoms with Crippen molar-refractivity contribution in [1.82, 2.24) is 15.1 Å². The normalized spacial score (nSPS) is 15.6. The van der Waals surface area contributed by atoms with Gasteiger partial charge < -0.3 is 20.2 Å². The second-order valence-electron chi connectivity index (χ2n) is 6.64. The molecule has 0 saturated carbocycles. The number of hydrogen-bond acceptors (Lipinski definition) is 4. The third-order valence-electron chi connectivity index (χ3n) is 4.46. The van der Waals surface area contributed by atoms with Gasteiger partial charge in [-0.3, -0.25) is 9.89 Å². The number of guanidine groups is 1. The molecule has 0 spiro atoms. The number of alkyl halides is 3. The fourth-order valence-corrected chi connectivity index (χ4v) is 3.16. The van der Waals surface area contributed by atoms with Gasteiger partial charge in [0.05, 0.1) is 12.2 Å². The van der Waals surface area contributed by atoms with Gasteiger partial charge in [0.25, 0.3) is 0 Å². The number of phenols is 1. The molecule has 160 valence electrons. The Kier molecular flexibility index (Phi) is 10.1. The minimum absolute atomic E-state index is 0. The predicted molar refractivity (Wildman–Crippen MR) is 117 cm³/mol. The van der Waals surface area contributed by atoms with Gasteiger partial charge in [-0.25, -0.2) is 0 Å². The van der Waals surface area contributed by atoms with Gasteiger partial charge in [0.2, 0.25) is 0 Å². The lowest BCUT2D eigenvalue weighted by Gasteiger charge is -2.37. The summed E-state index contributed by atoms with van der Waals surface area (Å²) in [6.45, 7) is 3.05. The van der Waals surface area contributed by atoms with Gasteiger partial charge in [-0.05, 0) is 32.1 Å². The van der Waals surface area contributed by atoms with Crippen LogP contribution in [0.4, 0.5) is 18.9 Å². The summed E-state index contributed by atoms with van der Waals surface area (Å²) in [5.41, 5.74) is 0.827. The molecule has 1 aliphatic heterocycles. The SMILES string of the molecule is CN=C(NCCCN(C)CC(F)(F)F)N1CCN(c2ccccc2O)CC1.I. The summed E-state index contributed by atoms with van der Waals surface area (Å²) in [4.78, 5) is 9.80. The van der Waals surface area contributed by atoms with Gasteiger partial charge >= 0.3 is 6.18 Å². The number of hydrogen-bond donors (Lipinski definition) is 2. The van der Waals surface area contributed by atoms with E-state index >= 15 is 0 Å². The Morgan fingerprint density at radius 2 is 1.86 bits per heavy atom. The minimum Gasteiger partial charge on any atom is -0.506 e. The monoisotopic (exact) mass is 515 g/mol. The van der Waals surface area contributed by atoms with Crippen molar-refractivity contribution in [2.24, 2.45) is 4.99 Å². The van der Waals surface area contributed by atoms with Crippen molar-refractivity contribution in [2.45, 2.75) is 12.6 Å². The average Bonchev–Trinajstić information content (AvgIpc) is 2.61. The number of nitrogens with zero attached hydrogens (tertiary/aromatic N) is 4. The molecule has 0 bridgehead atoms. The zero-order chi connectivity index (χ0) is 19.9. The van der Waals surface area contributed by atoms with Gasteiger partial charge in [-0.2, -0.15) is 13.2 Å². The van der Waals surface area contributed by atoms with Gasteiger partial charge in [-0.1, -0.05) is 12.1 Å². The number of piperazine rings is 1. The topological polar surface area (TPSA) is 54.3 Å². The molecule has 10 heteroatoms. The first-order valence-corrected chi connectivity index (χ1v) is 9.04. The third kappa shape index (κ3) is 7.90. The van der Waals surface area contributed by atoms with Crippen LogP contribution in [0.3, 0.4) is 0 Å². The summed E-state index contributed by atoms with van der Waals surface area (Å²) in [6.07, 6.45) is -3.56. The van der Waals surface area contributed by atoms with Crippen LogP contribution in [0.1, 0.15) is 6.42 Å². The molecule has 0 unspecified atom stereocenters. The fraction of sp³-hybridized carbons (Fsp3) is 0.611. The Morgan fingerprint density at radius 1 is 1.21 bits per heavy atom. The van der Waals surface area contributed by atoms with E-state index in [-0.39, 0.29) is 29.7 Å². The van der Waals surface area contributed by atoms with Crippen LogP contribution in [0, 0.1) is 0 Å². The fourth-order valence-electron chi connectivity index (χ4n) is 3.16. The van der Waals surface area contributed by atoms with Crippen LogP contribution in [-0.2, 0) is 0 Å². The molecule has 0 aliphatic carbocycles. The van der Waals surface area contributed by atoms with Crippen LogP contribution in [-0.4, -0.2) is 87.0 Å². The summed E-state index contributed by atoms with van der Waals surface area (Å²) >= 11 is 0. The summed E-state index contributed by atoms with van der Waals surface area (Å²) in [5.74, 6) is 1.03. The summed E-state index contributed by atoms with van der Waals surface area (Å²) in [5, 5.41) is 13.2. The number of nitrogens with one attached hydrogen (secondary N) is 1. The number of para-hydroxylation sites is 2. The zero-order valence-electron chi connectivity index (χ0n) is 16.2. The summed E-state index contributed by atoms with van der Waals surface area (Å²) in [6, 6.07) is 7.28. The van der Waals surface area contributed by atoms with E-state index in [1.54, 1.807) is 19.2 Å². The zero-order valence-corrected chi connectivity index (χ0v) is 18.6. The molecule has 0 aromatic heterocycles. The Hall–Kier alpha value is -1.43. The molecule has 1 heterocycles. The van der Waals surface area contributed by atoms with Crippen LogP contribution < -0.4 is 10.2 Å². The standard InChI is InChI=1S/C18H28F3N5O.HI/c1-22-17(23-8-5-9-24(2)14-18(19,20)21)26-12-10-25(11-13-26)15-6-3-4-7-16(15)27;/h3-4,6-7,27H,5,8-14H2,1-2H3,(H,22,23);1H. The molecular weight excluding hydrogens is 486 g/mol. The van der Waals surface area contributed by atoms with Crippen molar-refractivity contribution in [1.29, 1.82) is 0 Å². The molecule has 1 fully saturated rings. The van der Waals surface area contributed by atoms with Crippen molar-refractivity contribution in [3.63, 3.8) is 0 Å². The van der Waals surface area contributed by atoms with E-state index in [0.717, 1.165) is 37.8 Å². The Morgan fingerprint density at radius 3 is 2.43 bits per heavy atom. The Balaban J connectivity index is 0.00000392. The lowest BCUT2D eigenvalue weighted by Crippen LogP contribution is -2.52. The Bertz CT molecular complexity index is 621. The molecule has 1 aromatic rings. The van der Waals surface area contributed by atoms with Crippen LogP contribution >= 0.6 is 24.0 Å². The van der Waals surface area contributed by atoms with Crippen molar-refractivity contribution >= 4 is 35.6 Å². The van der Waals surface area contributed by atoms with Crippen molar-refractivity contribution in [3.8, 4) is 5.75 Å². The second-order valence-corrected chi connectivity index (χ2v) is 6.64. The van der Waals surface area contributed by atoms with Crippen molar-refractivity contribution in [2.75, 3.05) is 64.8 Å². The van der Waals surface area contributed by atoms with Gasteiger partial charge in [0, 0.05) is 39.8 Å². The first kappa shape index (κ1) is 24.6. The number of phenolic OH excluding ortho intramolecular Hbond substituents is 1. The highest BCUT2D eigenvalue weighted by atomic mass is 127. The second kappa shape index (κ2) is 11.5. The molecule has 1 saturated heterocycles.